The third-order valence-corrected chi connectivity index (χ3v) is 4.61. The Kier molecular flexibility index (Phi) is 2.68. The van der Waals surface area contributed by atoms with Gasteiger partial charge < -0.3 is 9.47 Å². The molecule has 0 N–H and O–H groups in total. The van der Waals surface area contributed by atoms with Crippen molar-refractivity contribution in [1.29, 1.82) is 0 Å². The summed E-state index contributed by atoms with van der Waals surface area (Å²) in [6.07, 6.45) is 4.97. The number of hydrogen-bond donors (Lipinski definition) is 0. The number of carbonyl (C=O) groups is 2. The van der Waals surface area contributed by atoms with Gasteiger partial charge in [0.25, 0.3) is 0 Å². The second-order valence-electron chi connectivity index (χ2n) is 5.85. The van der Waals surface area contributed by atoms with Crippen molar-refractivity contribution < 1.29 is 19.1 Å². The SMILES string of the molecule is C=C1C(=O)O[C@H]2C[C@@H](C)[C@@]3(/C=C/C(C)=O)O[C@H]3C[C@@H]12. The Labute approximate surface area is 112 Å². The van der Waals surface area contributed by atoms with Crippen molar-refractivity contribution >= 4 is 11.8 Å². The predicted octanol–water partition coefficient (Wildman–Crippen LogP) is 1.80. The molecule has 0 aromatic rings. The van der Waals surface area contributed by atoms with Gasteiger partial charge in [0, 0.05) is 11.5 Å². The van der Waals surface area contributed by atoms with Gasteiger partial charge in [-0.25, -0.2) is 4.79 Å². The molecule has 3 fully saturated rings. The third-order valence-electron chi connectivity index (χ3n) is 4.61. The summed E-state index contributed by atoms with van der Waals surface area (Å²) in [5.74, 6) is 0.0441. The lowest BCUT2D eigenvalue weighted by atomic mass is 9.88. The van der Waals surface area contributed by atoms with Crippen LogP contribution >= 0.6 is 0 Å². The maximum Gasteiger partial charge on any atom is 0.334 e. The number of ether oxygens (including phenoxy) is 2. The van der Waals surface area contributed by atoms with E-state index in [2.05, 4.69) is 13.5 Å². The Hall–Kier alpha value is -1.42. The molecule has 0 radical (unpaired) electrons. The molecule has 1 saturated carbocycles. The Balaban J connectivity index is 1.83. The van der Waals surface area contributed by atoms with Gasteiger partial charge in [0.1, 0.15) is 11.7 Å². The highest BCUT2D eigenvalue weighted by atomic mass is 16.6. The molecule has 2 aliphatic heterocycles. The number of allylic oxidation sites excluding steroid dienone is 1. The van der Waals surface area contributed by atoms with Crippen LogP contribution in [-0.2, 0) is 19.1 Å². The predicted molar refractivity (Wildman–Crippen MR) is 68.3 cm³/mol. The zero-order valence-corrected chi connectivity index (χ0v) is 11.2. The van der Waals surface area contributed by atoms with E-state index in [-0.39, 0.29) is 41.4 Å². The van der Waals surface area contributed by atoms with Gasteiger partial charge in [0.2, 0.25) is 0 Å². The lowest BCUT2D eigenvalue weighted by Crippen LogP contribution is -2.24. The van der Waals surface area contributed by atoms with Crippen molar-refractivity contribution in [2.45, 2.75) is 44.5 Å². The van der Waals surface area contributed by atoms with Crippen molar-refractivity contribution in [1.82, 2.24) is 0 Å². The molecule has 102 valence electrons. The van der Waals surface area contributed by atoms with E-state index < -0.39 is 0 Å². The second kappa shape index (κ2) is 4.04. The van der Waals surface area contributed by atoms with E-state index in [0.29, 0.717) is 5.57 Å². The molecule has 0 aromatic carbocycles. The summed E-state index contributed by atoms with van der Waals surface area (Å²) in [4.78, 5) is 22.7. The molecule has 3 aliphatic rings. The van der Waals surface area contributed by atoms with E-state index in [9.17, 15) is 9.59 Å². The second-order valence-corrected chi connectivity index (χ2v) is 5.85. The molecule has 0 bridgehead atoms. The van der Waals surface area contributed by atoms with E-state index in [1.165, 1.54) is 6.92 Å². The molecule has 19 heavy (non-hydrogen) atoms. The van der Waals surface area contributed by atoms with E-state index in [4.69, 9.17) is 9.47 Å². The van der Waals surface area contributed by atoms with Gasteiger partial charge in [-0.15, -0.1) is 0 Å². The van der Waals surface area contributed by atoms with Crippen LogP contribution in [0.1, 0.15) is 26.7 Å². The minimum atomic E-state index is -0.345. The van der Waals surface area contributed by atoms with Gasteiger partial charge in [-0.2, -0.15) is 0 Å². The van der Waals surface area contributed by atoms with Crippen LogP contribution in [0.5, 0.6) is 0 Å². The molecule has 5 atom stereocenters. The normalized spacial score (nSPS) is 44.5. The summed E-state index contributed by atoms with van der Waals surface area (Å²) in [7, 11) is 0. The fourth-order valence-corrected chi connectivity index (χ4v) is 3.38. The standard InChI is InChI=1S/C15H18O4/c1-8-6-12-11(10(3)14(17)18-12)7-13-15(8,19-13)5-4-9(2)16/h4-5,8,11-13H,3,6-7H2,1-2H3/b5-4+/t8-,11+,12+,13+,15-/m1/s1. The van der Waals surface area contributed by atoms with Crippen molar-refractivity contribution in [3.63, 3.8) is 0 Å². The quantitative estimate of drug-likeness (QED) is 0.432. The molecule has 3 rings (SSSR count). The van der Waals surface area contributed by atoms with E-state index in [0.717, 1.165) is 12.8 Å². The van der Waals surface area contributed by atoms with Gasteiger partial charge >= 0.3 is 5.97 Å². The topological polar surface area (TPSA) is 55.9 Å². The van der Waals surface area contributed by atoms with Crippen molar-refractivity contribution in [2.24, 2.45) is 11.8 Å². The van der Waals surface area contributed by atoms with E-state index >= 15 is 0 Å². The monoisotopic (exact) mass is 262 g/mol. The number of carbonyl (C=O) groups excluding carboxylic acids is 2. The number of epoxide rings is 1. The maximum absolute atomic E-state index is 11.6. The minimum Gasteiger partial charge on any atom is -0.458 e. The summed E-state index contributed by atoms with van der Waals surface area (Å²) in [5, 5.41) is 0. The average molecular weight is 262 g/mol. The Morgan fingerprint density at radius 3 is 2.89 bits per heavy atom. The number of esters is 1. The Morgan fingerprint density at radius 1 is 1.47 bits per heavy atom. The molecule has 4 nitrogen and oxygen atoms in total. The molecular formula is C15H18O4. The van der Waals surface area contributed by atoms with Gasteiger partial charge in [-0.1, -0.05) is 13.5 Å². The van der Waals surface area contributed by atoms with Crippen LogP contribution in [0, 0.1) is 11.8 Å². The van der Waals surface area contributed by atoms with Gasteiger partial charge in [0.15, 0.2) is 5.78 Å². The van der Waals surface area contributed by atoms with Crippen LogP contribution in [0.4, 0.5) is 0 Å². The van der Waals surface area contributed by atoms with Crippen LogP contribution in [0.15, 0.2) is 24.3 Å². The molecule has 2 heterocycles. The molecule has 1 aliphatic carbocycles. The molecule has 0 unspecified atom stereocenters. The van der Waals surface area contributed by atoms with Crippen LogP contribution in [0.3, 0.4) is 0 Å². The molecule has 0 aromatic heterocycles. The van der Waals surface area contributed by atoms with Gasteiger partial charge in [-0.3, -0.25) is 4.79 Å². The Morgan fingerprint density at radius 2 is 2.21 bits per heavy atom. The van der Waals surface area contributed by atoms with Crippen LogP contribution < -0.4 is 0 Å². The first-order valence-corrected chi connectivity index (χ1v) is 6.71. The first-order valence-electron chi connectivity index (χ1n) is 6.71. The maximum atomic E-state index is 11.6. The highest BCUT2D eigenvalue weighted by Crippen LogP contribution is 2.54. The fraction of sp³-hybridized carbons (Fsp3) is 0.600. The van der Waals surface area contributed by atoms with Crippen LogP contribution in [0.25, 0.3) is 0 Å². The number of ketones is 1. The first-order chi connectivity index (χ1) is 8.94. The average Bonchev–Trinajstić information content (AvgIpc) is 3.00. The Bertz CT molecular complexity index is 492. The number of fused-ring (bicyclic) bond motifs is 2. The molecular weight excluding hydrogens is 244 g/mol. The first kappa shape index (κ1) is 12.6. The van der Waals surface area contributed by atoms with Crippen LogP contribution in [-0.4, -0.2) is 29.6 Å². The highest BCUT2D eigenvalue weighted by molar-refractivity contribution is 5.91. The van der Waals surface area contributed by atoms with Gasteiger partial charge in [-0.05, 0) is 37.8 Å². The molecule has 0 spiro atoms. The highest BCUT2D eigenvalue weighted by Gasteiger charge is 2.63. The van der Waals surface area contributed by atoms with Crippen molar-refractivity contribution in [2.75, 3.05) is 0 Å². The smallest absolute Gasteiger partial charge is 0.334 e. The number of rotatable bonds is 2. The van der Waals surface area contributed by atoms with Gasteiger partial charge in [0.05, 0.1) is 6.10 Å². The van der Waals surface area contributed by atoms with E-state index in [1.54, 1.807) is 6.08 Å². The van der Waals surface area contributed by atoms with Crippen molar-refractivity contribution in [3.8, 4) is 0 Å². The van der Waals surface area contributed by atoms with Crippen molar-refractivity contribution in [3.05, 3.63) is 24.3 Å². The number of hydrogen-bond acceptors (Lipinski definition) is 4. The lowest BCUT2D eigenvalue weighted by molar-refractivity contribution is -0.139. The third kappa shape index (κ3) is 1.86. The largest absolute Gasteiger partial charge is 0.458 e. The lowest BCUT2D eigenvalue weighted by Gasteiger charge is -2.20. The zero-order chi connectivity index (χ0) is 13.8. The molecule has 2 saturated heterocycles. The summed E-state index contributed by atoms with van der Waals surface area (Å²) in [5.41, 5.74) is 0.224. The summed E-state index contributed by atoms with van der Waals surface area (Å²) in [6.45, 7) is 7.45. The zero-order valence-electron chi connectivity index (χ0n) is 11.2. The summed E-state index contributed by atoms with van der Waals surface area (Å²) in [6, 6.07) is 0. The fourth-order valence-electron chi connectivity index (χ4n) is 3.38. The molecule has 0 amide bonds. The minimum absolute atomic E-state index is 0.0242. The summed E-state index contributed by atoms with van der Waals surface area (Å²) < 4.78 is 11.2. The van der Waals surface area contributed by atoms with E-state index in [1.807, 2.05) is 6.08 Å². The summed E-state index contributed by atoms with van der Waals surface area (Å²) >= 11 is 0. The molecule has 4 heteroatoms. The van der Waals surface area contributed by atoms with Crippen LogP contribution in [0.2, 0.25) is 0 Å².